The second-order valence-electron chi connectivity index (χ2n) is 2.99. The highest BCUT2D eigenvalue weighted by molar-refractivity contribution is 5.46. The van der Waals surface area contributed by atoms with Gasteiger partial charge in [-0.1, -0.05) is 0 Å². The third kappa shape index (κ3) is 1.00. The molecule has 0 amide bonds. The number of hydrogen-bond donors (Lipinski definition) is 2. The fourth-order valence-corrected chi connectivity index (χ4v) is 1.69. The highest BCUT2D eigenvalue weighted by Crippen LogP contribution is 2.24. The van der Waals surface area contributed by atoms with E-state index in [9.17, 15) is 0 Å². The number of fused-ring (bicyclic) bond motifs is 1. The Balaban J connectivity index is 2.38. The van der Waals surface area contributed by atoms with Gasteiger partial charge in [0.2, 0.25) is 0 Å². The van der Waals surface area contributed by atoms with Gasteiger partial charge in [-0.25, -0.2) is 0 Å². The fourth-order valence-electron chi connectivity index (χ4n) is 1.69. The first kappa shape index (κ1) is 6.70. The van der Waals surface area contributed by atoms with Crippen molar-refractivity contribution in [3.63, 3.8) is 0 Å². The van der Waals surface area contributed by atoms with E-state index in [2.05, 4.69) is 15.5 Å². The van der Waals surface area contributed by atoms with Crippen molar-refractivity contribution in [2.45, 2.75) is 25.7 Å². The van der Waals surface area contributed by atoms with Crippen LogP contribution in [-0.2, 0) is 12.8 Å². The Bertz CT molecular complexity index is 238. The van der Waals surface area contributed by atoms with Crippen LogP contribution in [0.5, 0.6) is 0 Å². The predicted molar refractivity (Wildman–Crippen MR) is 44.8 cm³/mol. The third-order valence-electron chi connectivity index (χ3n) is 2.29. The van der Waals surface area contributed by atoms with Crippen LogP contribution in [-0.4, -0.2) is 17.2 Å². The van der Waals surface area contributed by atoms with Crippen molar-refractivity contribution >= 4 is 5.82 Å². The van der Waals surface area contributed by atoms with E-state index in [0.29, 0.717) is 0 Å². The van der Waals surface area contributed by atoms with Gasteiger partial charge in [-0.15, -0.1) is 0 Å². The molecule has 1 aliphatic carbocycles. The highest BCUT2D eigenvalue weighted by atomic mass is 15.2. The van der Waals surface area contributed by atoms with Gasteiger partial charge < -0.3 is 5.32 Å². The van der Waals surface area contributed by atoms with E-state index in [1.807, 2.05) is 7.05 Å². The molecule has 0 fully saturated rings. The van der Waals surface area contributed by atoms with Crippen molar-refractivity contribution in [3.05, 3.63) is 11.3 Å². The maximum absolute atomic E-state index is 4.18. The molecule has 0 aliphatic heterocycles. The molecule has 1 aromatic rings. The van der Waals surface area contributed by atoms with E-state index in [0.717, 1.165) is 5.82 Å². The summed E-state index contributed by atoms with van der Waals surface area (Å²) in [6, 6.07) is 0. The van der Waals surface area contributed by atoms with Crippen LogP contribution in [0.15, 0.2) is 0 Å². The van der Waals surface area contributed by atoms with Crippen LogP contribution in [0, 0.1) is 0 Å². The van der Waals surface area contributed by atoms with Crippen LogP contribution >= 0.6 is 0 Å². The molecule has 2 N–H and O–H groups in total. The quantitative estimate of drug-likeness (QED) is 0.635. The molecule has 0 radical (unpaired) electrons. The molecule has 60 valence electrons. The van der Waals surface area contributed by atoms with Crippen LogP contribution < -0.4 is 5.32 Å². The Kier molecular flexibility index (Phi) is 1.56. The summed E-state index contributed by atoms with van der Waals surface area (Å²) in [5, 5.41) is 10.3. The second kappa shape index (κ2) is 2.57. The minimum absolute atomic E-state index is 1.04. The molecule has 0 atom stereocenters. The van der Waals surface area contributed by atoms with Gasteiger partial charge in [0.25, 0.3) is 0 Å². The Labute approximate surface area is 66.2 Å². The predicted octanol–water partition coefficient (Wildman–Crippen LogP) is 1.33. The Morgan fingerprint density at radius 2 is 2.18 bits per heavy atom. The van der Waals surface area contributed by atoms with Crippen molar-refractivity contribution in [2.24, 2.45) is 0 Å². The summed E-state index contributed by atoms with van der Waals surface area (Å²) in [5.74, 6) is 1.04. The average Bonchev–Trinajstić information content (AvgIpc) is 2.47. The van der Waals surface area contributed by atoms with E-state index in [1.54, 1.807) is 0 Å². The summed E-state index contributed by atoms with van der Waals surface area (Å²) in [4.78, 5) is 0. The molecule has 0 aromatic carbocycles. The van der Waals surface area contributed by atoms with Crippen LogP contribution in [0.25, 0.3) is 0 Å². The number of H-pyrrole nitrogens is 1. The lowest BCUT2D eigenvalue weighted by Gasteiger charge is -2.10. The van der Waals surface area contributed by atoms with Crippen LogP contribution in [0.4, 0.5) is 5.82 Å². The van der Waals surface area contributed by atoms with Crippen molar-refractivity contribution in [1.29, 1.82) is 0 Å². The molecule has 1 heterocycles. The molecule has 0 bridgehead atoms. The molecule has 11 heavy (non-hydrogen) atoms. The van der Waals surface area contributed by atoms with E-state index >= 15 is 0 Å². The van der Waals surface area contributed by atoms with E-state index < -0.39 is 0 Å². The zero-order valence-corrected chi connectivity index (χ0v) is 6.78. The Hall–Kier alpha value is -0.990. The molecule has 2 rings (SSSR count). The van der Waals surface area contributed by atoms with Gasteiger partial charge in [-0.05, 0) is 25.7 Å². The fraction of sp³-hybridized carbons (Fsp3) is 0.625. The molecule has 0 unspecified atom stereocenters. The number of rotatable bonds is 1. The summed E-state index contributed by atoms with van der Waals surface area (Å²) >= 11 is 0. The lowest BCUT2D eigenvalue weighted by Crippen LogP contribution is -2.02. The molecule has 0 saturated heterocycles. The van der Waals surface area contributed by atoms with Gasteiger partial charge >= 0.3 is 0 Å². The van der Waals surface area contributed by atoms with E-state index in [-0.39, 0.29) is 0 Å². The topological polar surface area (TPSA) is 40.7 Å². The number of nitrogens with zero attached hydrogens (tertiary/aromatic N) is 1. The molecular weight excluding hydrogens is 138 g/mol. The van der Waals surface area contributed by atoms with E-state index in [4.69, 9.17) is 0 Å². The normalized spacial score (nSPS) is 16.1. The summed E-state index contributed by atoms with van der Waals surface area (Å²) in [7, 11) is 1.92. The average molecular weight is 151 g/mol. The standard InChI is InChI=1S/C8H13N3/c1-9-8-6-4-2-3-5-7(6)10-11-8/h2-5H2,1H3,(H2,9,10,11). The van der Waals surface area contributed by atoms with Crippen LogP contribution in [0.1, 0.15) is 24.1 Å². The third-order valence-corrected chi connectivity index (χ3v) is 2.29. The number of anilines is 1. The first-order valence-corrected chi connectivity index (χ1v) is 4.15. The van der Waals surface area contributed by atoms with Gasteiger partial charge in [-0.2, -0.15) is 5.10 Å². The minimum atomic E-state index is 1.04. The zero-order chi connectivity index (χ0) is 7.68. The van der Waals surface area contributed by atoms with Gasteiger partial charge in [0, 0.05) is 18.3 Å². The first-order chi connectivity index (χ1) is 5.42. The van der Waals surface area contributed by atoms with Crippen molar-refractivity contribution < 1.29 is 0 Å². The molecule has 3 nitrogen and oxygen atoms in total. The summed E-state index contributed by atoms with van der Waals surface area (Å²) < 4.78 is 0. The number of aryl methyl sites for hydroxylation is 1. The number of aromatic amines is 1. The number of hydrogen-bond acceptors (Lipinski definition) is 2. The second-order valence-corrected chi connectivity index (χ2v) is 2.99. The van der Waals surface area contributed by atoms with E-state index in [1.165, 1.54) is 36.9 Å². The molecule has 3 heteroatoms. The zero-order valence-electron chi connectivity index (χ0n) is 6.78. The molecule has 0 saturated carbocycles. The summed E-state index contributed by atoms with van der Waals surface area (Å²) in [6.07, 6.45) is 4.96. The Morgan fingerprint density at radius 1 is 1.36 bits per heavy atom. The first-order valence-electron chi connectivity index (χ1n) is 4.15. The van der Waals surface area contributed by atoms with Gasteiger partial charge in [0.15, 0.2) is 5.82 Å². The molecular formula is C8H13N3. The molecule has 1 aliphatic rings. The maximum atomic E-state index is 4.18. The van der Waals surface area contributed by atoms with Crippen molar-refractivity contribution in [2.75, 3.05) is 12.4 Å². The number of nitrogens with one attached hydrogen (secondary N) is 2. The lowest BCUT2D eigenvalue weighted by atomic mass is 9.98. The van der Waals surface area contributed by atoms with Gasteiger partial charge in [0.1, 0.15) is 0 Å². The smallest absolute Gasteiger partial charge is 0.151 e. The largest absolute Gasteiger partial charge is 0.371 e. The molecule has 0 spiro atoms. The number of aromatic nitrogens is 2. The van der Waals surface area contributed by atoms with Crippen LogP contribution in [0.2, 0.25) is 0 Å². The van der Waals surface area contributed by atoms with Gasteiger partial charge in [-0.3, -0.25) is 5.10 Å². The maximum Gasteiger partial charge on any atom is 0.151 e. The van der Waals surface area contributed by atoms with Crippen molar-refractivity contribution in [3.8, 4) is 0 Å². The molecule has 1 aromatic heterocycles. The highest BCUT2D eigenvalue weighted by Gasteiger charge is 2.14. The monoisotopic (exact) mass is 151 g/mol. The van der Waals surface area contributed by atoms with Crippen molar-refractivity contribution in [1.82, 2.24) is 10.2 Å². The Morgan fingerprint density at radius 3 is 3.00 bits per heavy atom. The minimum Gasteiger partial charge on any atom is -0.371 e. The van der Waals surface area contributed by atoms with Crippen LogP contribution in [0.3, 0.4) is 0 Å². The SMILES string of the molecule is CNc1n[nH]c2c1CCCC2. The summed E-state index contributed by atoms with van der Waals surface area (Å²) in [5.41, 5.74) is 2.74. The summed E-state index contributed by atoms with van der Waals surface area (Å²) in [6.45, 7) is 0. The van der Waals surface area contributed by atoms with Gasteiger partial charge in [0.05, 0.1) is 0 Å². The lowest BCUT2D eigenvalue weighted by molar-refractivity contribution is 0.675.